The summed E-state index contributed by atoms with van der Waals surface area (Å²) in [5, 5.41) is 13.2. The minimum Gasteiger partial charge on any atom is -0.495 e. The molecule has 0 aliphatic carbocycles. The van der Waals surface area contributed by atoms with Crippen LogP contribution in [0.25, 0.3) is 0 Å². The summed E-state index contributed by atoms with van der Waals surface area (Å²) >= 11 is 12.9. The molecule has 5 aliphatic rings. The van der Waals surface area contributed by atoms with E-state index in [1.165, 1.54) is 18.1 Å². The molecule has 4 N–H and O–H groups in total. The Morgan fingerprint density at radius 1 is 1.01 bits per heavy atom. The number of nitrogens with zero attached hydrogens (tertiary/aromatic N) is 2. The van der Waals surface area contributed by atoms with Crippen molar-refractivity contribution < 1.29 is 33.1 Å². The standard InChI is InChI=1S/C52H53Cl2FN6O6.ClH/c1-51(2,3)25-42-52(28-56-39-24-32(53)17-18-36(39)52)44(34-14-7-15-37(54)45(34)55)46(58-42)48(64)57-38-19-16-31(23-41(38)67-4)49(65)60-22-8-10-29(26-60)9-5-11-30-12-6-13-33-35(30)27-61(50(33)66)40-20-21-43(62)59-47(40)63;/h6-7,12-19,23-24,29,40,42,44,46,56,58H,8-10,20-22,25-28H2,1-4H3,(H,57,64)(H,59,62,63);1H/t29-,40+,42+,44+,46-,52+;/m1./s1. The van der Waals surface area contributed by atoms with Crippen LogP contribution in [-0.2, 0) is 26.3 Å². The number of anilines is 2. The van der Waals surface area contributed by atoms with Gasteiger partial charge in [0.15, 0.2) is 0 Å². The number of methoxy groups -OCH3 is 1. The van der Waals surface area contributed by atoms with Crippen LogP contribution in [-0.4, -0.2) is 84.2 Å². The summed E-state index contributed by atoms with van der Waals surface area (Å²) in [5.74, 6) is 4.12. The molecular weight excluding hydrogens is 930 g/mol. The van der Waals surface area contributed by atoms with Gasteiger partial charge >= 0.3 is 0 Å². The number of hydrogen-bond acceptors (Lipinski definition) is 8. The molecule has 16 heteroatoms. The summed E-state index contributed by atoms with van der Waals surface area (Å²) < 4.78 is 22.1. The minimum atomic E-state index is -0.902. The predicted octanol–water partition coefficient (Wildman–Crippen LogP) is 8.48. The van der Waals surface area contributed by atoms with Crippen molar-refractivity contribution in [3.8, 4) is 17.6 Å². The monoisotopic (exact) mass is 982 g/mol. The summed E-state index contributed by atoms with van der Waals surface area (Å²) in [7, 11) is 1.48. The molecule has 0 unspecified atom stereocenters. The van der Waals surface area contributed by atoms with E-state index < -0.39 is 41.0 Å². The van der Waals surface area contributed by atoms with Crippen molar-refractivity contribution in [2.24, 2.45) is 11.3 Å². The van der Waals surface area contributed by atoms with E-state index in [9.17, 15) is 24.0 Å². The quantitative estimate of drug-likeness (QED) is 0.102. The third kappa shape index (κ3) is 9.16. The maximum absolute atomic E-state index is 16.3. The second kappa shape index (κ2) is 19.4. The predicted molar refractivity (Wildman–Crippen MR) is 262 cm³/mol. The van der Waals surface area contributed by atoms with Crippen LogP contribution in [0.1, 0.15) is 108 Å². The van der Waals surface area contributed by atoms with Gasteiger partial charge in [0.05, 0.1) is 23.9 Å². The number of amides is 5. The van der Waals surface area contributed by atoms with Crippen molar-refractivity contribution in [2.45, 2.75) is 95.3 Å². The number of halogens is 4. The number of likely N-dealkylation sites (tertiary alicyclic amines) is 1. The zero-order valence-corrected chi connectivity index (χ0v) is 40.6. The molecule has 3 fully saturated rings. The molecule has 9 rings (SSSR count). The molecule has 4 aromatic rings. The first-order valence-corrected chi connectivity index (χ1v) is 23.6. The molecule has 12 nitrogen and oxygen atoms in total. The second-order valence-corrected chi connectivity index (χ2v) is 20.4. The van der Waals surface area contributed by atoms with Crippen LogP contribution < -0.4 is 26.0 Å². The van der Waals surface area contributed by atoms with Crippen LogP contribution in [0.3, 0.4) is 0 Å². The molecule has 356 valence electrons. The van der Waals surface area contributed by atoms with Crippen molar-refractivity contribution in [3.63, 3.8) is 0 Å². The highest BCUT2D eigenvalue weighted by atomic mass is 35.5. The van der Waals surface area contributed by atoms with Gasteiger partial charge in [-0.1, -0.05) is 80.1 Å². The Bertz CT molecular complexity index is 2770. The molecular formula is C52H54Cl3FN6O6. The summed E-state index contributed by atoms with van der Waals surface area (Å²) in [4.78, 5) is 69.8. The summed E-state index contributed by atoms with van der Waals surface area (Å²) in [6.45, 7) is 8.18. The molecule has 6 atom stereocenters. The molecule has 4 aromatic carbocycles. The van der Waals surface area contributed by atoms with Gasteiger partial charge in [-0.25, -0.2) is 4.39 Å². The fourth-order valence-corrected chi connectivity index (χ4v) is 11.4. The van der Waals surface area contributed by atoms with Crippen LogP contribution in [0.15, 0.2) is 72.8 Å². The number of benzene rings is 4. The van der Waals surface area contributed by atoms with Crippen LogP contribution >= 0.6 is 35.6 Å². The Hall–Kier alpha value is -5.65. The van der Waals surface area contributed by atoms with Crippen molar-refractivity contribution in [1.82, 2.24) is 20.4 Å². The molecule has 5 amide bonds. The van der Waals surface area contributed by atoms with Gasteiger partial charge in [0.1, 0.15) is 17.6 Å². The van der Waals surface area contributed by atoms with E-state index in [1.54, 1.807) is 42.5 Å². The Morgan fingerprint density at radius 2 is 1.81 bits per heavy atom. The number of piperidine rings is 2. The van der Waals surface area contributed by atoms with E-state index in [1.807, 2.05) is 29.2 Å². The highest BCUT2D eigenvalue weighted by molar-refractivity contribution is 6.31. The molecule has 5 heterocycles. The van der Waals surface area contributed by atoms with Gasteiger partial charge in [0, 0.05) is 83.8 Å². The average Bonchev–Trinajstić information content (AvgIpc) is 3.95. The topological polar surface area (TPSA) is 149 Å². The number of hydrogen-bond donors (Lipinski definition) is 4. The Labute approximate surface area is 411 Å². The van der Waals surface area contributed by atoms with Crippen molar-refractivity contribution in [1.29, 1.82) is 0 Å². The number of nitrogens with one attached hydrogen (secondary N) is 4. The first-order chi connectivity index (χ1) is 32.1. The highest BCUT2D eigenvalue weighted by Crippen LogP contribution is 2.57. The number of rotatable bonds is 8. The SMILES string of the molecule is COc1cc(C(=O)N2CCC[C@@H](CC#Cc3cccc4c3CN([C@H]3CCC(=O)NC3=O)C4=O)C2)ccc1NC(=O)[C@@H]1N[C@@H](CC(C)(C)C)[C@@]2(CNc3cc(Cl)ccc32)[C@H]1c1cccc(Cl)c1F.Cl. The molecule has 1 spiro atoms. The lowest BCUT2D eigenvalue weighted by molar-refractivity contribution is -0.137. The van der Waals surface area contributed by atoms with E-state index in [4.69, 9.17) is 27.9 Å². The smallest absolute Gasteiger partial charge is 0.255 e. The largest absolute Gasteiger partial charge is 0.495 e. The Kier molecular flexibility index (Phi) is 13.9. The van der Waals surface area contributed by atoms with Crippen molar-refractivity contribution >= 4 is 76.5 Å². The van der Waals surface area contributed by atoms with Gasteiger partial charge in [0.25, 0.3) is 11.8 Å². The van der Waals surface area contributed by atoms with Crippen LogP contribution in [0, 0.1) is 29.0 Å². The van der Waals surface area contributed by atoms with E-state index >= 15 is 4.39 Å². The van der Waals surface area contributed by atoms with E-state index in [-0.39, 0.29) is 71.9 Å². The van der Waals surface area contributed by atoms with Gasteiger partial charge in [-0.3, -0.25) is 29.3 Å². The number of ether oxygens (including phenoxy) is 1. The van der Waals surface area contributed by atoms with Gasteiger partial charge in [0.2, 0.25) is 17.7 Å². The molecule has 0 radical (unpaired) electrons. The fourth-order valence-electron chi connectivity index (χ4n) is 11.0. The zero-order valence-electron chi connectivity index (χ0n) is 38.3. The number of fused-ring (bicyclic) bond motifs is 3. The van der Waals surface area contributed by atoms with Crippen LogP contribution in [0.2, 0.25) is 10.0 Å². The summed E-state index contributed by atoms with van der Waals surface area (Å²) in [5.41, 5.74) is 3.96. The third-order valence-corrected chi connectivity index (χ3v) is 14.6. The Balaban J connectivity index is 0.00000625. The first kappa shape index (κ1) is 48.8. The van der Waals surface area contributed by atoms with E-state index in [0.29, 0.717) is 65.6 Å². The molecule has 0 bridgehead atoms. The maximum Gasteiger partial charge on any atom is 0.255 e. The average molecular weight is 984 g/mol. The summed E-state index contributed by atoms with van der Waals surface area (Å²) in [6.07, 6.45) is 3.37. The van der Waals surface area contributed by atoms with Gasteiger partial charge in [-0.15, -0.1) is 12.4 Å². The summed E-state index contributed by atoms with van der Waals surface area (Å²) in [6, 6.07) is 19.1. The number of carbonyl (C=O) groups is 5. The lowest BCUT2D eigenvalue weighted by Crippen LogP contribution is -2.52. The third-order valence-electron chi connectivity index (χ3n) is 14.1. The van der Waals surface area contributed by atoms with Crippen molar-refractivity contribution in [3.05, 3.63) is 122 Å². The van der Waals surface area contributed by atoms with E-state index in [0.717, 1.165) is 35.2 Å². The fraction of sp³-hybridized carbons (Fsp3) is 0.404. The van der Waals surface area contributed by atoms with Gasteiger partial charge in [-0.2, -0.15) is 0 Å². The molecule has 0 saturated carbocycles. The second-order valence-electron chi connectivity index (χ2n) is 19.6. The van der Waals surface area contributed by atoms with Crippen LogP contribution in [0.4, 0.5) is 15.8 Å². The van der Waals surface area contributed by atoms with Gasteiger partial charge < -0.3 is 30.5 Å². The Morgan fingerprint density at radius 3 is 2.57 bits per heavy atom. The number of imide groups is 1. The highest BCUT2D eigenvalue weighted by Gasteiger charge is 2.61. The maximum atomic E-state index is 16.3. The normalized spacial score (nSPS) is 24.0. The molecule has 3 saturated heterocycles. The lowest BCUT2D eigenvalue weighted by atomic mass is 9.63. The van der Waals surface area contributed by atoms with Crippen LogP contribution in [0.5, 0.6) is 5.75 Å². The van der Waals surface area contributed by atoms with E-state index in [2.05, 4.69) is 53.9 Å². The molecule has 0 aromatic heterocycles. The van der Waals surface area contributed by atoms with Crippen molar-refractivity contribution in [2.75, 3.05) is 37.4 Å². The first-order valence-electron chi connectivity index (χ1n) is 22.8. The molecule has 5 aliphatic heterocycles. The number of carbonyl (C=O) groups excluding carboxylic acids is 5. The minimum absolute atomic E-state index is 0. The van der Waals surface area contributed by atoms with Gasteiger partial charge in [-0.05, 0) is 102 Å². The molecule has 68 heavy (non-hydrogen) atoms. The lowest BCUT2D eigenvalue weighted by Gasteiger charge is -2.39. The zero-order chi connectivity index (χ0) is 47.4.